The van der Waals surface area contributed by atoms with Crippen LogP contribution in [0.25, 0.3) is 11.4 Å². The monoisotopic (exact) mass is 1190 g/mol. The third kappa shape index (κ3) is 15.5. The van der Waals surface area contributed by atoms with Crippen LogP contribution in [0.1, 0.15) is 176 Å². The van der Waals surface area contributed by atoms with Crippen molar-refractivity contribution in [3.8, 4) is 11.4 Å². The van der Waals surface area contributed by atoms with Crippen molar-refractivity contribution in [2.24, 2.45) is 14.1 Å². The minimum atomic E-state index is -0.399. The van der Waals surface area contributed by atoms with Crippen molar-refractivity contribution in [2.75, 3.05) is 36.8 Å². The third-order valence-corrected chi connectivity index (χ3v) is 15.9. The first-order valence-corrected chi connectivity index (χ1v) is 29.5. The van der Waals surface area contributed by atoms with Crippen LogP contribution in [0.2, 0.25) is 5.28 Å². The molecular formula is C60H78BClN18O6. The number of benzene rings is 2. The lowest BCUT2D eigenvalue weighted by atomic mass is 9.76. The summed E-state index contributed by atoms with van der Waals surface area (Å²) in [5.74, 6) is 3.97. The zero-order valence-corrected chi connectivity index (χ0v) is 52.5. The van der Waals surface area contributed by atoms with Crippen LogP contribution in [0, 0.1) is 0 Å². The lowest BCUT2D eigenvalue weighted by Crippen LogP contribution is -2.41. The van der Waals surface area contributed by atoms with Crippen LogP contribution in [0.3, 0.4) is 0 Å². The molecule has 3 aliphatic rings. The topological polar surface area (TPSA) is 274 Å². The van der Waals surface area contributed by atoms with Gasteiger partial charge in [-0.15, -0.1) is 0 Å². The standard InChI is InChI=1S/C27H33N9O2.C26H38BN3O4.C7H7ClN6/c1-6-36-12-9-17(14-21(37)24-31-25(38-34-24)27(2,3)4)20-8-7-18(13-19(20)15-36)23-28-16-29-26(32-23)30-22-10-11-35(5)33-22;1-9-30-13-12-17(15-21(31)22-28-23(32-29-22)24(2,3)4)20-11-10-19(14-18(20)16-30)27-33-25(5,6)26(7,8)34-27;1-14-3-2-5(13-14)11-7-10-4-9-6(8)12-7/h7-8,10-11,13,16-17H,6,9,12,14-15H2,1-5H3,(H,28,29,30,32,33);10-11,14,17H,9,12-13,15-16H2,1-8H3;2-4H,1H3,(H,9,10,11,12,13)/t2*17-;/m00./s1. The fraction of sp³-hybridized carbons (Fsp3) is 0.500. The first kappa shape index (κ1) is 62.8. The predicted molar refractivity (Wildman–Crippen MR) is 326 cm³/mol. The fourth-order valence-electron chi connectivity index (χ4n) is 10.1. The maximum Gasteiger partial charge on any atom is 0.494 e. The lowest BCUT2D eigenvalue weighted by molar-refractivity contribution is 0.00578. The summed E-state index contributed by atoms with van der Waals surface area (Å²) in [6, 6.07) is 16.4. The number of carbonyl (C=O) groups excluding carboxylic acids is 2. The van der Waals surface area contributed by atoms with Gasteiger partial charge in [0.25, 0.3) is 0 Å². The van der Waals surface area contributed by atoms with Gasteiger partial charge in [0, 0.05) is 80.9 Å². The van der Waals surface area contributed by atoms with E-state index in [1.165, 1.54) is 34.9 Å². The van der Waals surface area contributed by atoms with E-state index in [4.69, 9.17) is 30.0 Å². The summed E-state index contributed by atoms with van der Waals surface area (Å²) in [4.78, 5) is 64.5. The van der Waals surface area contributed by atoms with Gasteiger partial charge in [-0.05, 0) is 124 Å². The van der Waals surface area contributed by atoms with E-state index in [9.17, 15) is 9.59 Å². The maximum absolute atomic E-state index is 13.2. The fourth-order valence-corrected chi connectivity index (χ4v) is 10.2. The van der Waals surface area contributed by atoms with Crippen molar-refractivity contribution in [3.63, 3.8) is 0 Å². The molecule has 1 saturated heterocycles. The van der Waals surface area contributed by atoms with E-state index in [-0.39, 0.29) is 62.4 Å². The van der Waals surface area contributed by atoms with E-state index in [1.807, 2.05) is 80.2 Å². The number of rotatable bonds is 14. The van der Waals surface area contributed by atoms with Crippen molar-refractivity contribution >= 4 is 59.3 Å². The lowest BCUT2D eigenvalue weighted by Gasteiger charge is -2.32. The highest BCUT2D eigenvalue weighted by atomic mass is 35.5. The van der Waals surface area contributed by atoms with Gasteiger partial charge in [0.1, 0.15) is 12.7 Å². The van der Waals surface area contributed by atoms with Gasteiger partial charge in [-0.1, -0.05) is 96.0 Å². The third-order valence-electron chi connectivity index (χ3n) is 15.8. The molecule has 0 saturated carbocycles. The maximum atomic E-state index is 13.2. The van der Waals surface area contributed by atoms with Crippen molar-refractivity contribution in [1.82, 2.24) is 79.5 Å². The smallest absolute Gasteiger partial charge is 0.399 e. The quantitative estimate of drug-likeness (QED) is 0.0757. The average molecular weight is 1190 g/mol. The molecule has 2 N–H and O–H groups in total. The minimum Gasteiger partial charge on any atom is -0.399 e. The Morgan fingerprint density at radius 2 is 1.12 bits per heavy atom. The SMILES string of the molecule is CCN1CC[C@@H](CC(=O)c2noc(C(C)(C)C)n2)c2ccc(-c3ncnc(Nc4ccn(C)n4)n3)cc2C1.CCN1CC[C@@H](CC(=O)c2noc(C(C)(C)C)n2)c2ccc(B3OC(C)(C)C(C)(C)O3)cc2C1.Cn1ccc(Nc2ncnc(Cl)n2)n1. The van der Waals surface area contributed by atoms with Gasteiger partial charge in [-0.25, -0.2) is 19.9 Å². The molecule has 1 fully saturated rings. The van der Waals surface area contributed by atoms with Crippen molar-refractivity contribution < 1.29 is 27.9 Å². The molecule has 9 heterocycles. The number of ketones is 2. The number of Topliss-reactive ketones (excluding diaryl/α,β-unsaturated/α-hetero) is 2. The molecule has 6 aromatic heterocycles. The highest BCUT2D eigenvalue weighted by molar-refractivity contribution is 6.62. The summed E-state index contributed by atoms with van der Waals surface area (Å²) >= 11 is 5.59. The predicted octanol–water partition coefficient (Wildman–Crippen LogP) is 9.53. The van der Waals surface area contributed by atoms with Crippen LogP contribution in [-0.4, -0.2) is 136 Å². The van der Waals surface area contributed by atoms with Crippen LogP contribution in [0.15, 0.2) is 82.6 Å². The molecule has 0 unspecified atom stereocenters. The summed E-state index contributed by atoms with van der Waals surface area (Å²) < 4.78 is 26.7. The van der Waals surface area contributed by atoms with E-state index in [0.29, 0.717) is 54.0 Å². The number of carbonyl (C=O) groups is 2. The first-order chi connectivity index (χ1) is 40.7. The molecule has 11 rings (SSSR count). The molecule has 2 atom stereocenters. The number of aromatic nitrogens is 14. The van der Waals surface area contributed by atoms with Crippen LogP contribution >= 0.6 is 11.6 Å². The Kier molecular flexibility index (Phi) is 19.1. The molecule has 0 amide bonds. The van der Waals surface area contributed by atoms with E-state index in [2.05, 4.69) is 153 Å². The summed E-state index contributed by atoms with van der Waals surface area (Å²) in [5.41, 5.74) is 5.33. The summed E-state index contributed by atoms with van der Waals surface area (Å²) in [6.45, 7) is 29.9. The van der Waals surface area contributed by atoms with Crippen LogP contribution in [0.4, 0.5) is 23.5 Å². The molecule has 2 aromatic carbocycles. The van der Waals surface area contributed by atoms with Crippen molar-refractivity contribution in [2.45, 2.75) is 156 Å². The molecule has 0 bridgehead atoms. The Morgan fingerprint density at radius 1 is 0.640 bits per heavy atom. The number of nitrogens with zero attached hydrogens (tertiary/aromatic N) is 16. The largest absolute Gasteiger partial charge is 0.494 e. The molecule has 24 nitrogen and oxygen atoms in total. The van der Waals surface area contributed by atoms with Gasteiger partial charge < -0.3 is 29.0 Å². The van der Waals surface area contributed by atoms with Crippen molar-refractivity contribution in [3.05, 3.63) is 125 Å². The molecular weight excluding hydrogens is 1120 g/mol. The Morgan fingerprint density at radius 3 is 1.57 bits per heavy atom. The molecule has 8 aromatic rings. The summed E-state index contributed by atoms with van der Waals surface area (Å²) in [5, 5.41) is 22.5. The molecule has 3 aliphatic heterocycles. The van der Waals surface area contributed by atoms with Gasteiger partial charge >= 0.3 is 7.12 Å². The van der Waals surface area contributed by atoms with Crippen LogP contribution in [0.5, 0.6) is 0 Å². The van der Waals surface area contributed by atoms with Gasteiger partial charge in [-0.3, -0.25) is 28.8 Å². The normalized spacial score (nSPS) is 17.7. The van der Waals surface area contributed by atoms with E-state index < -0.39 is 7.12 Å². The number of aryl methyl sites for hydroxylation is 2. The van der Waals surface area contributed by atoms with Crippen LogP contribution < -0.4 is 16.1 Å². The molecule has 86 heavy (non-hydrogen) atoms. The molecule has 26 heteroatoms. The zero-order chi connectivity index (χ0) is 61.7. The number of hydrogen-bond donors (Lipinski definition) is 2. The second-order valence-corrected chi connectivity index (χ2v) is 25.3. The highest BCUT2D eigenvalue weighted by Gasteiger charge is 2.52. The van der Waals surface area contributed by atoms with E-state index in [0.717, 1.165) is 63.1 Å². The Balaban J connectivity index is 0.000000169. The highest BCUT2D eigenvalue weighted by Crippen LogP contribution is 2.39. The van der Waals surface area contributed by atoms with Crippen molar-refractivity contribution in [1.29, 1.82) is 0 Å². The number of halogens is 1. The second-order valence-electron chi connectivity index (χ2n) is 25.0. The molecule has 0 radical (unpaired) electrons. The number of anilines is 4. The Labute approximate surface area is 507 Å². The number of fused-ring (bicyclic) bond motifs is 2. The summed E-state index contributed by atoms with van der Waals surface area (Å²) in [6.07, 6.45) is 8.97. The van der Waals surface area contributed by atoms with E-state index in [1.54, 1.807) is 15.4 Å². The molecule has 0 aliphatic carbocycles. The van der Waals surface area contributed by atoms with Gasteiger partial charge in [-0.2, -0.15) is 30.1 Å². The molecule has 0 spiro atoms. The second kappa shape index (κ2) is 26.1. The Hall–Kier alpha value is -7.71. The summed E-state index contributed by atoms with van der Waals surface area (Å²) in [7, 11) is 3.28. The van der Waals surface area contributed by atoms with Gasteiger partial charge in [0.2, 0.25) is 52.2 Å². The van der Waals surface area contributed by atoms with Crippen LogP contribution in [-0.2, 0) is 47.3 Å². The van der Waals surface area contributed by atoms with E-state index >= 15 is 0 Å². The Bertz CT molecular complexity index is 3630. The minimum absolute atomic E-state index is 0.0550. The number of hydrogen-bond acceptors (Lipinski definition) is 22. The van der Waals surface area contributed by atoms with Gasteiger partial charge in [0.05, 0.1) is 11.2 Å². The first-order valence-electron chi connectivity index (χ1n) is 29.1. The van der Waals surface area contributed by atoms with Gasteiger partial charge in [0.15, 0.2) is 17.5 Å². The average Bonchev–Trinajstić information content (AvgIpc) is 2.85. The molecule has 454 valence electrons. The number of nitrogens with one attached hydrogen (secondary N) is 2. The zero-order valence-electron chi connectivity index (χ0n) is 51.7.